The van der Waals surface area contributed by atoms with Crippen LogP contribution in [0.25, 0.3) is 16.9 Å². The van der Waals surface area contributed by atoms with Gasteiger partial charge in [0.15, 0.2) is 0 Å². The molecule has 3 nitrogen and oxygen atoms in total. The molecule has 96 valence electrons. The first kappa shape index (κ1) is 11.8. The lowest BCUT2D eigenvalue weighted by Crippen LogP contribution is -1.98. The van der Waals surface area contributed by atoms with Gasteiger partial charge in [0.25, 0.3) is 0 Å². The Morgan fingerprint density at radius 1 is 1.05 bits per heavy atom. The van der Waals surface area contributed by atoms with Gasteiger partial charge in [-0.2, -0.15) is 0 Å². The van der Waals surface area contributed by atoms with Crippen LogP contribution >= 0.6 is 0 Å². The van der Waals surface area contributed by atoms with Gasteiger partial charge in [0.2, 0.25) is 0 Å². The molecule has 0 aliphatic heterocycles. The van der Waals surface area contributed by atoms with Crippen molar-refractivity contribution >= 4 is 11.3 Å². The van der Waals surface area contributed by atoms with Gasteiger partial charge in [-0.05, 0) is 18.1 Å². The molecule has 2 N–H and O–H groups in total. The number of nitrogens with zero attached hydrogens (tertiary/aromatic N) is 2. The zero-order valence-electron chi connectivity index (χ0n) is 11.2. The zero-order valence-corrected chi connectivity index (χ0v) is 11.2. The fourth-order valence-electron chi connectivity index (χ4n) is 2.44. The molecule has 0 aliphatic carbocycles. The molecule has 3 heteroatoms. The monoisotopic (exact) mass is 251 g/mol. The first-order valence-corrected chi connectivity index (χ1v) is 6.49. The molecule has 0 saturated heterocycles. The number of anilines is 1. The van der Waals surface area contributed by atoms with Crippen LogP contribution in [0.5, 0.6) is 0 Å². The first-order chi connectivity index (χ1) is 9.16. The summed E-state index contributed by atoms with van der Waals surface area (Å²) in [6.45, 7) is 4.36. The average molecular weight is 251 g/mol. The molecule has 0 amide bonds. The third-order valence-electron chi connectivity index (χ3n) is 3.27. The summed E-state index contributed by atoms with van der Waals surface area (Å²) in [6.07, 6.45) is 1.95. The summed E-state index contributed by atoms with van der Waals surface area (Å²) in [4.78, 5) is 4.75. The summed E-state index contributed by atoms with van der Waals surface area (Å²) in [5.74, 6) is 0.381. The van der Waals surface area contributed by atoms with Crippen molar-refractivity contribution in [3.05, 3.63) is 54.4 Å². The molecule has 0 bridgehead atoms. The molecular formula is C16H17N3. The number of pyridine rings is 1. The summed E-state index contributed by atoms with van der Waals surface area (Å²) in [7, 11) is 0. The van der Waals surface area contributed by atoms with Crippen molar-refractivity contribution in [2.24, 2.45) is 0 Å². The van der Waals surface area contributed by atoms with Crippen LogP contribution in [0.4, 0.5) is 5.69 Å². The van der Waals surface area contributed by atoms with Gasteiger partial charge in [0.1, 0.15) is 5.65 Å². The van der Waals surface area contributed by atoms with Crippen molar-refractivity contribution in [1.29, 1.82) is 0 Å². The highest BCUT2D eigenvalue weighted by atomic mass is 15.0. The molecule has 19 heavy (non-hydrogen) atoms. The van der Waals surface area contributed by atoms with E-state index in [0.717, 1.165) is 22.6 Å². The Balaban J connectivity index is 2.33. The third-order valence-corrected chi connectivity index (χ3v) is 3.27. The highest BCUT2D eigenvalue weighted by Gasteiger charge is 2.16. The van der Waals surface area contributed by atoms with E-state index in [9.17, 15) is 0 Å². The number of imidazole rings is 1. The Labute approximate surface area is 112 Å². The fraction of sp³-hybridized carbons (Fsp3) is 0.188. The number of fused-ring (bicyclic) bond motifs is 1. The minimum atomic E-state index is 0.381. The molecule has 1 aromatic carbocycles. The van der Waals surface area contributed by atoms with Gasteiger partial charge < -0.3 is 10.1 Å². The van der Waals surface area contributed by atoms with E-state index in [4.69, 9.17) is 10.7 Å². The topological polar surface area (TPSA) is 43.3 Å². The van der Waals surface area contributed by atoms with Crippen LogP contribution in [0.15, 0.2) is 48.7 Å². The van der Waals surface area contributed by atoms with Gasteiger partial charge in [0, 0.05) is 17.4 Å². The van der Waals surface area contributed by atoms with Gasteiger partial charge in [-0.1, -0.05) is 44.2 Å². The second-order valence-electron chi connectivity index (χ2n) is 5.06. The predicted octanol–water partition coefficient (Wildman–Crippen LogP) is 3.71. The maximum Gasteiger partial charge on any atom is 0.137 e. The van der Waals surface area contributed by atoms with Gasteiger partial charge >= 0.3 is 0 Å². The van der Waals surface area contributed by atoms with Crippen LogP contribution in [-0.4, -0.2) is 9.38 Å². The van der Waals surface area contributed by atoms with E-state index in [0.29, 0.717) is 5.92 Å². The van der Waals surface area contributed by atoms with Crippen molar-refractivity contribution < 1.29 is 0 Å². The van der Waals surface area contributed by atoms with Crippen LogP contribution in [0.2, 0.25) is 0 Å². The van der Waals surface area contributed by atoms with E-state index in [1.165, 1.54) is 5.69 Å². The van der Waals surface area contributed by atoms with Crippen LogP contribution in [-0.2, 0) is 0 Å². The van der Waals surface area contributed by atoms with Gasteiger partial charge in [-0.25, -0.2) is 4.98 Å². The molecule has 3 rings (SSSR count). The van der Waals surface area contributed by atoms with Gasteiger partial charge in [-0.3, -0.25) is 0 Å². The Bertz CT molecular complexity index is 711. The number of benzene rings is 1. The number of aromatic nitrogens is 2. The molecule has 0 atom stereocenters. The smallest absolute Gasteiger partial charge is 0.137 e. The maximum absolute atomic E-state index is 5.89. The Kier molecular flexibility index (Phi) is 2.75. The molecule has 3 aromatic rings. The fourth-order valence-corrected chi connectivity index (χ4v) is 2.44. The van der Waals surface area contributed by atoms with Crippen molar-refractivity contribution in [3.8, 4) is 11.3 Å². The van der Waals surface area contributed by atoms with E-state index in [-0.39, 0.29) is 0 Å². The minimum Gasteiger partial charge on any atom is -0.398 e. The van der Waals surface area contributed by atoms with Crippen LogP contribution in [0.1, 0.15) is 25.5 Å². The average Bonchev–Trinajstić information content (AvgIpc) is 2.78. The summed E-state index contributed by atoms with van der Waals surface area (Å²) in [6, 6.07) is 14.1. The maximum atomic E-state index is 5.89. The van der Waals surface area contributed by atoms with Gasteiger partial charge in [-0.15, -0.1) is 0 Å². The Hall–Kier alpha value is -2.29. The van der Waals surface area contributed by atoms with Crippen LogP contribution in [0.3, 0.4) is 0 Å². The SMILES string of the molecule is CC(C)c1c(-c2ccccc2)nc2ccc(N)cn12. The predicted molar refractivity (Wildman–Crippen MR) is 79.1 cm³/mol. The number of rotatable bonds is 2. The van der Waals surface area contributed by atoms with Crippen molar-refractivity contribution in [1.82, 2.24) is 9.38 Å². The molecule has 0 saturated carbocycles. The lowest BCUT2D eigenvalue weighted by molar-refractivity contribution is 0.811. The van der Waals surface area contributed by atoms with E-state index in [2.05, 4.69) is 30.4 Å². The highest BCUT2D eigenvalue weighted by molar-refractivity contribution is 5.68. The lowest BCUT2D eigenvalue weighted by atomic mass is 10.0. The number of nitrogen functional groups attached to an aromatic ring is 1. The largest absolute Gasteiger partial charge is 0.398 e. The van der Waals surface area contributed by atoms with E-state index in [1.54, 1.807) is 0 Å². The number of hydrogen-bond acceptors (Lipinski definition) is 2. The van der Waals surface area contributed by atoms with Crippen molar-refractivity contribution in [2.75, 3.05) is 5.73 Å². The van der Waals surface area contributed by atoms with Crippen LogP contribution in [0, 0.1) is 0 Å². The second kappa shape index (κ2) is 4.43. The Morgan fingerprint density at radius 2 is 1.79 bits per heavy atom. The van der Waals surface area contributed by atoms with Crippen molar-refractivity contribution in [2.45, 2.75) is 19.8 Å². The number of hydrogen-bond donors (Lipinski definition) is 1. The van der Waals surface area contributed by atoms with E-state index >= 15 is 0 Å². The molecule has 2 heterocycles. The zero-order chi connectivity index (χ0) is 13.4. The molecule has 2 aromatic heterocycles. The lowest BCUT2D eigenvalue weighted by Gasteiger charge is -2.09. The summed E-state index contributed by atoms with van der Waals surface area (Å²) < 4.78 is 2.10. The molecule has 0 spiro atoms. The quantitative estimate of drug-likeness (QED) is 0.754. The molecule has 0 unspecified atom stereocenters. The second-order valence-corrected chi connectivity index (χ2v) is 5.06. The van der Waals surface area contributed by atoms with E-state index < -0.39 is 0 Å². The van der Waals surface area contributed by atoms with Gasteiger partial charge in [0.05, 0.1) is 11.4 Å². The third kappa shape index (κ3) is 1.97. The van der Waals surface area contributed by atoms with Crippen LogP contribution < -0.4 is 5.73 Å². The minimum absolute atomic E-state index is 0.381. The first-order valence-electron chi connectivity index (χ1n) is 6.49. The number of nitrogens with two attached hydrogens (primary N) is 1. The summed E-state index contributed by atoms with van der Waals surface area (Å²) in [5.41, 5.74) is 11.0. The standard InChI is InChI=1S/C16H17N3/c1-11(2)16-15(12-6-4-3-5-7-12)18-14-9-8-13(17)10-19(14)16/h3-11H,17H2,1-2H3. The van der Waals surface area contributed by atoms with E-state index in [1.807, 2.05) is 36.5 Å². The molecule has 0 aliphatic rings. The molecule has 0 fully saturated rings. The summed E-state index contributed by atoms with van der Waals surface area (Å²) in [5, 5.41) is 0. The highest BCUT2D eigenvalue weighted by Crippen LogP contribution is 2.30. The Morgan fingerprint density at radius 3 is 2.47 bits per heavy atom. The molecular weight excluding hydrogens is 234 g/mol. The van der Waals surface area contributed by atoms with Crippen molar-refractivity contribution in [3.63, 3.8) is 0 Å². The summed E-state index contributed by atoms with van der Waals surface area (Å²) >= 11 is 0. The molecule has 0 radical (unpaired) electrons. The normalized spacial score (nSPS) is 11.3.